The van der Waals surface area contributed by atoms with Gasteiger partial charge >= 0.3 is 0 Å². The summed E-state index contributed by atoms with van der Waals surface area (Å²) < 4.78 is 1.81. The number of carbonyl (C=O) groups excluding carboxylic acids is 2. The van der Waals surface area contributed by atoms with E-state index in [-0.39, 0.29) is 17.6 Å². The van der Waals surface area contributed by atoms with Crippen LogP contribution in [0.1, 0.15) is 32.6 Å². The van der Waals surface area contributed by atoms with E-state index in [1.54, 1.807) is 24.4 Å². The summed E-state index contributed by atoms with van der Waals surface area (Å²) in [7, 11) is 0. The molecule has 1 atom stereocenters. The SMILES string of the molecule is CC1=C(C(=O)Nc2cc(Cl)ccc2Cl)C(CCn2cccn2)C2=C(CCCC2=O)N1. The van der Waals surface area contributed by atoms with Crippen LogP contribution in [-0.4, -0.2) is 21.5 Å². The largest absolute Gasteiger partial charge is 0.362 e. The molecular formula is C22H22Cl2N4O2. The van der Waals surface area contributed by atoms with E-state index in [0.29, 0.717) is 40.7 Å². The van der Waals surface area contributed by atoms with Crippen LogP contribution in [0.2, 0.25) is 10.0 Å². The van der Waals surface area contributed by atoms with E-state index in [4.69, 9.17) is 23.2 Å². The number of halogens is 2. The van der Waals surface area contributed by atoms with Gasteiger partial charge in [-0.3, -0.25) is 14.3 Å². The molecule has 0 bridgehead atoms. The zero-order valence-corrected chi connectivity index (χ0v) is 18.1. The van der Waals surface area contributed by atoms with Crippen LogP contribution >= 0.6 is 23.2 Å². The lowest BCUT2D eigenvalue weighted by Gasteiger charge is -2.34. The second-order valence-corrected chi connectivity index (χ2v) is 8.36. The standard InChI is InChI=1S/C22H22Cl2N4O2/c1-13-20(22(30)27-18-12-14(23)6-7-16(18)24)15(8-11-28-10-3-9-25-28)21-17(26-13)4-2-5-19(21)29/h3,6-7,9-10,12,15,26H,2,4-5,8,11H2,1H3,(H,27,30). The summed E-state index contributed by atoms with van der Waals surface area (Å²) in [6, 6.07) is 6.77. The van der Waals surface area contributed by atoms with Crippen molar-refractivity contribution < 1.29 is 9.59 Å². The number of nitrogens with zero attached hydrogens (tertiary/aromatic N) is 2. The summed E-state index contributed by atoms with van der Waals surface area (Å²) in [5, 5.41) is 11.3. The Bertz CT molecular complexity index is 1060. The number of benzene rings is 1. The van der Waals surface area contributed by atoms with Crippen molar-refractivity contribution in [2.45, 2.75) is 39.2 Å². The van der Waals surface area contributed by atoms with Crippen LogP contribution in [0.4, 0.5) is 5.69 Å². The molecule has 8 heteroatoms. The van der Waals surface area contributed by atoms with Crippen molar-refractivity contribution in [1.82, 2.24) is 15.1 Å². The van der Waals surface area contributed by atoms with E-state index >= 15 is 0 Å². The molecule has 0 radical (unpaired) electrons. The Morgan fingerprint density at radius 1 is 1.33 bits per heavy atom. The number of hydrogen-bond acceptors (Lipinski definition) is 4. The first-order valence-electron chi connectivity index (χ1n) is 9.92. The highest BCUT2D eigenvalue weighted by molar-refractivity contribution is 6.36. The number of amides is 1. The normalized spacial score (nSPS) is 18.9. The number of aromatic nitrogens is 2. The Hall–Kier alpha value is -2.57. The first kappa shape index (κ1) is 20.7. The topological polar surface area (TPSA) is 76.0 Å². The van der Waals surface area contributed by atoms with Gasteiger partial charge in [-0.2, -0.15) is 5.10 Å². The zero-order valence-electron chi connectivity index (χ0n) is 16.5. The third-order valence-corrected chi connectivity index (χ3v) is 6.09. The average Bonchev–Trinajstić information content (AvgIpc) is 3.22. The Balaban J connectivity index is 1.66. The molecular weight excluding hydrogens is 423 g/mol. The lowest BCUT2D eigenvalue weighted by atomic mass is 9.77. The maximum absolute atomic E-state index is 13.3. The molecule has 1 aliphatic heterocycles. The second kappa shape index (κ2) is 8.66. The maximum atomic E-state index is 13.3. The summed E-state index contributed by atoms with van der Waals surface area (Å²) in [5.74, 6) is -0.497. The monoisotopic (exact) mass is 444 g/mol. The molecule has 4 rings (SSSR count). The minimum atomic E-state index is -0.309. The van der Waals surface area contributed by atoms with Gasteiger partial charge < -0.3 is 10.6 Å². The zero-order chi connectivity index (χ0) is 21.3. The lowest BCUT2D eigenvalue weighted by Crippen LogP contribution is -2.37. The van der Waals surface area contributed by atoms with Crippen molar-refractivity contribution in [1.29, 1.82) is 0 Å². The smallest absolute Gasteiger partial charge is 0.254 e. The van der Waals surface area contributed by atoms with Gasteiger partial charge in [-0.25, -0.2) is 0 Å². The van der Waals surface area contributed by atoms with E-state index in [1.165, 1.54) is 0 Å². The van der Waals surface area contributed by atoms with Gasteiger partial charge in [0.05, 0.1) is 10.7 Å². The van der Waals surface area contributed by atoms with E-state index in [0.717, 1.165) is 29.8 Å². The Labute approximate surface area is 184 Å². The lowest BCUT2D eigenvalue weighted by molar-refractivity contribution is -0.116. The summed E-state index contributed by atoms with van der Waals surface area (Å²) in [5.41, 5.74) is 3.40. The highest BCUT2D eigenvalue weighted by Crippen LogP contribution is 2.38. The molecule has 2 aromatic rings. The number of Topliss-reactive ketones (excluding diaryl/α,β-unsaturated/α-hetero) is 1. The number of nitrogens with one attached hydrogen (secondary N) is 2. The van der Waals surface area contributed by atoms with Gasteiger partial charge in [-0.15, -0.1) is 0 Å². The van der Waals surface area contributed by atoms with Gasteiger partial charge in [-0.05, 0) is 50.5 Å². The molecule has 1 aromatic carbocycles. The first-order chi connectivity index (χ1) is 14.4. The summed E-state index contributed by atoms with van der Waals surface area (Å²) in [4.78, 5) is 26.1. The van der Waals surface area contributed by atoms with Crippen molar-refractivity contribution >= 4 is 40.6 Å². The van der Waals surface area contributed by atoms with Crippen LogP contribution in [0.15, 0.2) is 59.2 Å². The number of aryl methyl sites for hydroxylation is 1. The molecule has 156 valence electrons. The number of anilines is 1. The van der Waals surface area contributed by atoms with Gasteiger partial charge in [0.25, 0.3) is 5.91 Å². The Morgan fingerprint density at radius 2 is 2.17 bits per heavy atom. The van der Waals surface area contributed by atoms with Crippen LogP contribution < -0.4 is 10.6 Å². The minimum Gasteiger partial charge on any atom is -0.362 e. The van der Waals surface area contributed by atoms with Crippen LogP contribution in [0.25, 0.3) is 0 Å². The van der Waals surface area contributed by atoms with Crippen molar-refractivity contribution in [2.24, 2.45) is 5.92 Å². The van der Waals surface area contributed by atoms with Gasteiger partial charge in [0.1, 0.15) is 0 Å². The van der Waals surface area contributed by atoms with Gasteiger partial charge in [-0.1, -0.05) is 23.2 Å². The highest BCUT2D eigenvalue weighted by atomic mass is 35.5. The molecule has 0 fully saturated rings. The van der Waals surface area contributed by atoms with Gasteiger partial charge in [0.2, 0.25) is 0 Å². The first-order valence-corrected chi connectivity index (χ1v) is 10.7. The highest BCUT2D eigenvalue weighted by Gasteiger charge is 2.37. The number of allylic oxidation sites excluding steroid dienone is 3. The fourth-order valence-corrected chi connectivity index (χ4v) is 4.53. The molecule has 2 aliphatic rings. The third-order valence-electron chi connectivity index (χ3n) is 5.52. The molecule has 0 saturated heterocycles. The summed E-state index contributed by atoms with van der Waals surface area (Å²) in [6.07, 6.45) is 6.33. The third kappa shape index (κ3) is 4.16. The Kier molecular flexibility index (Phi) is 5.97. The number of hydrogen-bond donors (Lipinski definition) is 2. The number of dihydropyridines is 1. The molecule has 2 N–H and O–H groups in total. The van der Waals surface area contributed by atoms with Crippen LogP contribution in [-0.2, 0) is 16.1 Å². The van der Waals surface area contributed by atoms with E-state index in [2.05, 4.69) is 15.7 Å². The van der Waals surface area contributed by atoms with Crippen molar-refractivity contribution in [3.8, 4) is 0 Å². The van der Waals surface area contributed by atoms with Gasteiger partial charge in [0, 0.05) is 58.8 Å². The minimum absolute atomic E-state index is 0.104. The van der Waals surface area contributed by atoms with E-state index < -0.39 is 0 Å². The predicted molar refractivity (Wildman–Crippen MR) is 117 cm³/mol. The maximum Gasteiger partial charge on any atom is 0.254 e. The van der Waals surface area contributed by atoms with Crippen LogP contribution in [0.5, 0.6) is 0 Å². The predicted octanol–water partition coefficient (Wildman–Crippen LogP) is 4.72. The number of rotatable bonds is 5. The average molecular weight is 445 g/mol. The molecule has 0 spiro atoms. The summed E-state index contributed by atoms with van der Waals surface area (Å²) in [6.45, 7) is 2.47. The summed E-state index contributed by atoms with van der Waals surface area (Å²) >= 11 is 12.3. The molecule has 1 aliphatic carbocycles. The van der Waals surface area contributed by atoms with Crippen molar-refractivity contribution in [3.63, 3.8) is 0 Å². The quantitative estimate of drug-likeness (QED) is 0.699. The fraction of sp³-hybridized carbons (Fsp3) is 0.318. The number of ketones is 1. The van der Waals surface area contributed by atoms with E-state index in [1.807, 2.05) is 23.9 Å². The Morgan fingerprint density at radius 3 is 2.93 bits per heavy atom. The molecule has 30 heavy (non-hydrogen) atoms. The molecule has 2 heterocycles. The van der Waals surface area contributed by atoms with Crippen LogP contribution in [0.3, 0.4) is 0 Å². The molecule has 1 amide bonds. The van der Waals surface area contributed by atoms with Crippen LogP contribution in [0, 0.1) is 5.92 Å². The van der Waals surface area contributed by atoms with E-state index in [9.17, 15) is 9.59 Å². The molecule has 6 nitrogen and oxygen atoms in total. The van der Waals surface area contributed by atoms with Crippen molar-refractivity contribution in [2.75, 3.05) is 5.32 Å². The molecule has 0 saturated carbocycles. The molecule has 1 aromatic heterocycles. The molecule has 1 unspecified atom stereocenters. The number of carbonyl (C=O) groups is 2. The fourth-order valence-electron chi connectivity index (χ4n) is 4.19. The van der Waals surface area contributed by atoms with Crippen molar-refractivity contribution in [3.05, 3.63) is 69.2 Å². The van der Waals surface area contributed by atoms with Gasteiger partial charge in [0.15, 0.2) is 5.78 Å². The second-order valence-electron chi connectivity index (χ2n) is 7.52.